The quantitative estimate of drug-likeness (QED) is 0.453. The lowest BCUT2D eigenvalue weighted by Crippen LogP contribution is -2.37. The van der Waals surface area contributed by atoms with Gasteiger partial charge in [-0.05, 0) is 37.0 Å². The highest BCUT2D eigenvalue weighted by Crippen LogP contribution is 2.34. The summed E-state index contributed by atoms with van der Waals surface area (Å²) in [7, 11) is 0. The van der Waals surface area contributed by atoms with Crippen LogP contribution in [0.25, 0.3) is 0 Å². The molecule has 1 heterocycles. The standard InChI is InChI=1S/C22H29F2NO4/c1-3-4-5-6-18(26)9-8-17-14-22(23,24)21(29)25(17)12-11-16-7-10-19(20(27)28)15(2)13-16/h7-10,13,17-18,26H,3-6,11-12,14H2,1-2H3,(H,27,28). The first-order valence-electron chi connectivity index (χ1n) is 10.0. The molecule has 2 N–H and O–H groups in total. The van der Waals surface area contributed by atoms with Gasteiger partial charge in [-0.25, -0.2) is 4.79 Å². The number of aliphatic hydroxyl groups excluding tert-OH is 1. The smallest absolute Gasteiger partial charge is 0.335 e. The molecule has 0 saturated carbocycles. The Hall–Kier alpha value is -2.28. The Morgan fingerprint density at radius 1 is 1.38 bits per heavy atom. The number of carbonyl (C=O) groups excluding carboxylic acids is 1. The largest absolute Gasteiger partial charge is 0.478 e. The number of rotatable bonds is 10. The molecule has 7 heteroatoms. The molecule has 2 unspecified atom stereocenters. The fraction of sp³-hybridized carbons (Fsp3) is 0.545. The number of carboxylic acids is 1. The van der Waals surface area contributed by atoms with Gasteiger partial charge in [-0.2, -0.15) is 8.78 Å². The van der Waals surface area contributed by atoms with Crippen molar-refractivity contribution < 1.29 is 28.6 Å². The van der Waals surface area contributed by atoms with Crippen LogP contribution in [0.5, 0.6) is 0 Å². The maximum absolute atomic E-state index is 14.0. The summed E-state index contributed by atoms with van der Waals surface area (Å²) in [6.07, 6.45) is 5.50. The zero-order valence-corrected chi connectivity index (χ0v) is 16.9. The minimum Gasteiger partial charge on any atom is -0.478 e. The van der Waals surface area contributed by atoms with Crippen molar-refractivity contribution in [2.24, 2.45) is 0 Å². The van der Waals surface area contributed by atoms with E-state index in [9.17, 15) is 23.5 Å². The summed E-state index contributed by atoms with van der Waals surface area (Å²) in [5.74, 6) is -5.64. The van der Waals surface area contributed by atoms with Crippen LogP contribution in [-0.2, 0) is 11.2 Å². The van der Waals surface area contributed by atoms with E-state index < -0.39 is 36.4 Å². The first kappa shape index (κ1) is 23.0. The zero-order chi connectivity index (χ0) is 21.6. The van der Waals surface area contributed by atoms with Crippen LogP contribution in [0.4, 0.5) is 8.78 Å². The van der Waals surface area contributed by atoms with Crippen LogP contribution in [0.3, 0.4) is 0 Å². The number of benzene rings is 1. The number of unbranched alkanes of at least 4 members (excludes halogenated alkanes) is 2. The van der Waals surface area contributed by atoms with Gasteiger partial charge in [-0.1, -0.05) is 50.5 Å². The number of hydrogen-bond donors (Lipinski definition) is 2. The Bertz CT molecular complexity index is 763. The molecule has 29 heavy (non-hydrogen) atoms. The molecular formula is C22H29F2NO4. The molecule has 5 nitrogen and oxygen atoms in total. The van der Waals surface area contributed by atoms with Gasteiger partial charge < -0.3 is 15.1 Å². The minimum atomic E-state index is -3.41. The van der Waals surface area contributed by atoms with Gasteiger partial charge in [0.05, 0.1) is 17.7 Å². The summed E-state index contributed by atoms with van der Waals surface area (Å²) in [6.45, 7) is 3.83. The van der Waals surface area contributed by atoms with Crippen molar-refractivity contribution in [3.05, 3.63) is 47.0 Å². The van der Waals surface area contributed by atoms with Crippen molar-refractivity contribution >= 4 is 11.9 Å². The van der Waals surface area contributed by atoms with Crippen LogP contribution in [0.15, 0.2) is 30.4 Å². The minimum absolute atomic E-state index is 0.0984. The lowest BCUT2D eigenvalue weighted by atomic mass is 10.0. The number of carbonyl (C=O) groups is 2. The van der Waals surface area contributed by atoms with Gasteiger partial charge in [0.2, 0.25) is 0 Å². The molecule has 1 aromatic carbocycles. The van der Waals surface area contributed by atoms with E-state index in [0.717, 1.165) is 29.7 Å². The molecule has 1 fully saturated rings. The zero-order valence-electron chi connectivity index (χ0n) is 16.9. The molecule has 2 atom stereocenters. The maximum Gasteiger partial charge on any atom is 0.335 e. The number of likely N-dealkylation sites (tertiary alicyclic amines) is 1. The average molecular weight is 409 g/mol. The topological polar surface area (TPSA) is 77.8 Å². The Morgan fingerprint density at radius 3 is 2.72 bits per heavy atom. The van der Waals surface area contributed by atoms with Gasteiger partial charge in [0, 0.05) is 13.0 Å². The number of carboxylic acid groups (broad SMARTS) is 1. The molecule has 0 radical (unpaired) electrons. The van der Waals surface area contributed by atoms with Crippen molar-refractivity contribution in [2.75, 3.05) is 6.54 Å². The summed E-state index contributed by atoms with van der Waals surface area (Å²) in [4.78, 5) is 24.4. The summed E-state index contributed by atoms with van der Waals surface area (Å²) in [5.41, 5.74) is 1.55. The van der Waals surface area contributed by atoms with Gasteiger partial charge in [-0.15, -0.1) is 0 Å². The van der Waals surface area contributed by atoms with Crippen molar-refractivity contribution in [1.29, 1.82) is 0 Å². The molecule has 1 amide bonds. The molecule has 1 aromatic rings. The van der Waals surface area contributed by atoms with Crippen LogP contribution in [0.1, 0.15) is 60.5 Å². The highest BCUT2D eigenvalue weighted by Gasteiger charge is 2.52. The molecule has 1 aliphatic heterocycles. The monoisotopic (exact) mass is 409 g/mol. The second kappa shape index (κ2) is 9.96. The average Bonchev–Trinajstić information content (AvgIpc) is 2.87. The molecule has 0 bridgehead atoms. The Balaban J connectivity index is 2.04. The summed E-state index contributed by atoms with van der Waals surface area (Å²) >= 11 is 0. The third-order valence-electron chi connectivity index (χ3n) is 5.26. The number of aliphatic hydroxyl groups is 1. The Labute approximate surface area is 170 Å². The van der Waals surface area contributed by atoms with Gasteiger partial charge >= 0.3 is 11.9 Å². The van der Waals surface area contributed by atoms with Crippen LogP contribution >= 0.6 is 0 Å². The lowest BCUT2D eigenvalue weighted by molar-refractivity contribution is -0.148. The molecular weight excluding hydrogens is 380 g/mol. The fourth-order valence-electron chi connectivity index (χ4n) is 3.59. The Kier molecular flexibility index (Phi) is 7.90. The third-order valence-corrected chi connectivity index (χ3v) is 5.26. The van der Waals surface area contributed by atoms with Crippen molar-refractivity contribution in [3.63, 3.8) is 0 Å². The molecule has 1 saturated heterocycles. The van der Waals surface area contributed by atoms with Crippen LogP contribution in [0, 0.1) is 6.92 Å². The predicted molar refractivity (Wildman–Crippen MR) is 106 cm³/mol. The van der Waals surface area contributed by atoms with Gasteiger partial charge in [-0.3, -0.25) is 4.79 Å². The number of halogens is 2. The van der Waals surface area contributed by atoms with E-state index in [1.165, 1.54) is 18.2 Å². The maximum atomic E-state index is 14.0. The number of nitrogens with zero attached hydrogens (tertiary/aromatic N) is 1. The summed E-state index contributed by atoms with van der Waals surface area (Å²) in [6, 6.07) is 4.05. The molecule has 0 spiro atoms. The highest BCUT2D eigenvalue weighted by molar-refractivity contribution is 5.89. The first-order chi connectivity index (χ1) is 13.7. The first-order valence-corrected chi connectivity index (χ1v) is 10.0. The van der Waals surface area contributed by atoms with Gasteiger partial charge in [0.15, 0.2) is 0 Å². The molecule has 0 aromatic heterocycles. The van der Waals surface area contributed by atoms with Gasteiger partial charge in [0.25, 0.3) is 5.91 Å². The van der Waals surface area contributed by atoms with E-state index in [4.69, 9.17) is 5.11 Å². The van der Waals surface area contributed by atoms with Crippen molar-refractivity contribution in [1.82, 2.24) is 4.90 Å². The van der Waals surface area contributed by atoms with Crippen LogP contribution < -0.4 is 0 Å². The normalized spacial score (nSPS) is 19.8. The fourth-order valence-corrected chi connectivity index (χ4v) is 3.59. The molecule has 160 valence electrons. The number of aryl methyl sites for hydroxylation is 1. The SMILES string of the molecule is CCCCCC(O)C=CC1CC(F)(F)C(=O)N1CCc1ccc(C(=O)O)c(C)c1. The van der Waals surface area contributed by atoms with E-state index in [1.54, 1.807) is 19.1 Å². The second-order valence-corrected chi connectivity index (χ2v) is 7.63. The summed E-state index contributed by atoms with van der Waals surface area (Å²) < 4.78 is 28.0. The molecule has 0 aliphatic carbocycles. The van der Waals surface area contributed by atoms with E-state index in [1.807, 2.05) is 0 Å². The van der Waals surface area contributed by atoms with Crippen LogP contribution in [0.2, 0.25) is 0 Å². The third kappa shape index (κ3) is 6.10. The van der Waals surface area contributed by atoms with Crippen LogP contribution in [-0.4, -0.2) is 51.6 Å². The van der Waals surface area contributed by atoms with Gasteiger partial charge in [0.1, 0.15) is 0 Å². The van der Waals surface area contributed by atoms with Crippen molar-refractivity contribution in [2.45, 2.75) is 70.4 Å². The number of hydrogen-bond acceptors (Lipinski definition) is 3. The highest BCUT2D eigenvalue weighted by atomic mass is 19.3. The number of amides is 1. The Morgan fingerprint density at radius 2 is 2.10 bits per heavy atom. The number of alkyl halides is 2. The van der Waals surface area contributed by atoms with E-state index >= 15 is 0 Å². The van der Waals surface area contributed by atoms with E-state index in [0.29, 0.717) is 18.4 Å². The number of aromatic carboxylic acids is 1. The second-order valence-electron chi connectivity index (χ2n) is 7.63. The van der Waals surface area contributed by atoms with E-state index in [-0.39, 0.29) is 12.1 Å². The lowest BCUT2D eigenvalue weighted by Gasteiger charge is -2.22. The molecule has 2 rings (SSSR count). The summed E-state index contributed by atoms with van der Waals surface area (Å²) in [5, 5.41) is 19.1. The predicted octanol–water partition coefficient (Wildman–Crippen LogP) is 3.97. The van der Waals surface area contributed by atoms with Crippen molar-refractivity contribution in [3.8, 4) is 0 Å². The van der Waals surface area contributed by atoms with E-state index in [2.05, 4.69) is 6.92 Å². The molecule has 1 aliphatic rings.